The molecular weight excluding hydrogens is 556 g/mol. The van der Waals surface area contributed by atoms with Gasteiger partial charge in [0.1, 0.15) is 5.71 Å². The van der Waals surface area contributed by atoms with Crippen molar-refractivity contribution in [2.75, 3.05) is 20.3 Å². The molecule has 43 heavy (non-hydrogen) atoms. The highest BCUT2D eigenvalue weighted by molar-refractivity contribution is 7.79. The predicted molar refractivity (Wildman–Crippen MR) is 191 cm³/mol. The Hall–Kier alpha value is -2.28. The summed E-state index contributed by atoms with van der Waals surface area (Å²) in [7, 11) is 1.31. The monoisotopic (exact) mass is 622 g/mol. The second-order valence-electron chi connectivity index (χ2n) is 10.1. The molecule has 0 aromatic heterocycles. The van der Waals surface area contributed by atoms with Crippen LogP contribution < -0.4 is 0 Å². The zero-order valence-corrected chi connectivity index (χ0v) is 30.1. The number of thiol groups is 1. The Morgan fingerprint density at radius 1 is 0.884 bits per heavy atom. The van der Waals surface area contributed by atoms with E-state index in [2.05, 4.69) is 105 Å². The van der Waals surface area contributed by atoms with Crippen molar-refractivity contribution in [2.24, 2.45) is 10.3 Å². The second-order valence-corrected chi connectivity index (χ2v) is 10.3. The number of unbranched alkanes of at least 4 members (excludes halogenated alkanes) is 7. The normalized spacial score (nSPS) is 11.4. The SMILES string of the molecule is CC.CCC(C)Cc1ccccc1.CCC/C=C(CC)/C(=N/S)C(=N)OCCCCCC.CCCCCCOC(=O)OC. The maximum absolute atomic E-state index is 10.4. The van der Waals surface area contributed by atoms with E-state index < -0.39 is 6.16 Å². The third-order valence-corrected chi connectivity index (χ3v) is 6.63. The Labute approximate surface area is 271 Å². The third kappa shape index (κ3) is 29.6. The van der Waals surface area contributed by atoms with E-state index in [1.165, 1.54) is 51.2 Å². The van der Waals surface area contributed by atoms with Gasteiger partial charge in [-0.15, -0.1) is 0 Å². The standard InChI is InChI=1S/C15H28N2OS.C11H16.C8H16O3.C2H6/c1-4-7-9-10-12-18-15(16)14(17-19)13(6-3)11-8-5-2;1-3-10(2)9-11-7-5-4-6-8-11;1-3-4-5-6-7-11-8(9)10-2;1-2/h11,16,19H,4-10,12H2,1-3H3;4-8,10H,3,9H2,1-2H3;3-7H2,1-2H3;1-2H3/b13-11+,16-15?,17-14-;;;. The van der Waals surface area contributed by atoms with Gasteiger partial charge in [0.15, 0.2) is 0 Å². The van der Waals surface area contributed by atoms with Crippen LogP contribution in [0.4, 0.5) is 4.79 Å². The third-order valence-electron chi connectivity index (χ3n) is 6.43. The number of allylic oxidation sites excluding steroid dienone is 1. The molecule has 0 saturated carbocycles. The van der Waals surface area contributed by atoms with Crippen molar-refractivity contribution in [2.45, 2.75) is 139 Å². The van der Waals surface area contributed by atoms with Crippen molar-refractivity contribution in [3.8, 4) is 0 Å². The molecule has 250 valence electrons. The van der Waals surface area contributed by atoms with Crippen molar-refractivity contribution in [1.29, 1.82) is 5.41 Å². The fourth-order valence-corrected chi connectivity index (χ4v) is 3.88. The number of carbonyl (C=O) groups excluding carboxylic acids is 1. The molecule has 0 spiro atoms. The molecule has 6 nitrogen and oxygen atoms in total. The summed E-state index contributed by atoms with van der Waals surface area (Å²) in [6, 6.07) is 10.7. The van der Waals surface area contributed by atoms with Crippen LogP contribution in [-0.2, 0) is 20.6 Å². The lowest BCUT2D eigenvalue weighted by molar-refractivity contribution is 0.0713. The van der Waals surface area contributed by atoms with E-state index in [1.54, 1.807) is 0 Å². The van der Waals surface area contributed by atoms with Gasteiger partial charge in [-0.2, -0.15) is 0 Å². The van der Waals surface area contributed by atoms with Gasteiger partial charge in [-0.3, -0.25) is 5.41 Å². The zero-order valence-electron chi connectivity index (χ0n) is 29.2. The van der Waals surface area contributed by atoms with Crippen molar-refractivity contribution < 1.29 is 19.0 Å². The summed E-state index contributed by atoms with van der Waals surface area (Å²) >= 11 is 3.98. The fourth-order valence-electron chi connectivity index (χ4n) is 3.66. The summed E-state index contributed by atoms with van der Waals surface area (Å²) in [5.74, 6) is 0.966. The van der Waals surface area contributed by atoms with Crippen LogP contribution in [0.2, 0.25) is 0 Å². The minimum Gasteiger partial charge on any atom is -0.477 e. The summed E-state index contributed by atoms with van der Waals surface area (Å²) in [5, 5.41) is 7.95. The first-order chi connectivity index (χ1) is 20.8. The van der Waals surface area contributed by atoms with Crippen LogP contribution in [0.15, 0.2) is 46.4 Å². The minimum absolute atomic E-state index is 0.149. The number of rotatable bonds is 18. The molecule has 1 N–H and O–H groups in total. The van der Waals surface area contributed by atoms with Gasteiger partial charge in [0.25, 0.3) is 0 Å². The highest BCUT2D eigenvalue weighted by Gasteiger charge is 2.12. The molecular formula is C36H66N2O4S. The van der Waals surface area contributed by atoms with Crippen molar-refractivity contribution >= 4 is 30.6 Å². The molecule has 1 aromatic carbocycles. The molecule has 0 radical (unpaired) electrons. The first kappa shape index (κ1) is 45.2. The van der Waals surface area contributed by atoms with Crippen LogP contribution >= 0.6 is 12.8 Å². The smallest absolute Gasteiger partial charge is 0.477 e. The lowest BCUT2D eigenvalue weighted by atomic mass is 9.99. The lowest BCUT2D eigenvalue weighted by Crippen LogP contribution is -2.19. The molecule has 0 saturated heterocycles. The molecule has 0 aliphatic carbocycles. The fraction of sp³-hybridized carbons (Fsp3) is 0.694. The molecule has 0 aliphatic heterocycles. The van der Waals surface area contributed by atoms with E-state index in [-0.39, 0.29) is 5.90 Å². The summed E-state index contributed by atoms with van der Waals surface area (Å²) in [6.07, 6.45) is 16.0. The van der Waals surface area contributed by atoms with Gasteiger partial charge in [0.05, 0.1) is 20.3 Å². The molecule has 0 aliphatic rings. The van der Waals surface area contributed by atoms with Crippen LogP contribution in [0.3, 0.4) is 0 Å². The molecule has 0 amide bonds. The van der Waals surface area contributed by atoms with Crippen molar-refractivity contribution in [3.05, 3.63) is 47.5 Å². The second kappa shape index (κ2) is 35.9. The summed E-state index contributed by atoms with van der Waals surface area (Å²) < 4.78 is 18.4. The molecule has 0 heterocycles. The molecule has 7 heteroatoms. The number of nitrogens with zero attached hydrogens (tertiary/aromatic N) is 1. The lowest BCUT2D eigenvalue weighted by Gasteiger charge is -2.11. The number of methoxy groups -OCH3 is 1. The van der Waals surface area contributed by atoms with Gasteiger partial charge in [0.2, 0.25) is 5.90 Å². The quantitative estimate of drug-likeness (QED) is 0.0561. The van der Waals surface area contributed by atoms with Crippen LogP contribution in [0.5, 0.6) is 0 Å². The average molecular weight is 623 g/mol. The highest BCUT2D eigenvalue weighted by Crippen LogP contribution is 2.11. The number of ether oxygens (including phenoxy) is 3. The van der Waals surface area contributed by atoms with E-state index in [0.29, 0.717) is 18.9 Å². The minimum atomic E-state index is -0.582. The molecule has 1 unspecified atom stereocenters. The zero-order chi connectivity index (χ0) is 33.1. The maximum Gasteiger partial charge on any atom is 0.507 e. The van der Waals surface area contributed by atoms with E-state index >= 15 is 0 Å². The predicted octanol–water partition coefficient (Wildman–Crippen LogP) is 11.6. The number of carbonyl (C=O) groups is 1. The van der Waals surface area contributed by atoms with Gasteiger partial charge in [0, 0.05) is 0 Å². The van der Waals surface area contributed by atoms with Gasteiger partial charge in [-0.25, -0.2) is 9.19 Å². The van der Waals surface area contributed by atoms with E-state index in [1.807, 2.05) is 13.8 Å². The van der Waals surface area contributed by atoms with E-state index in [0.717, 1.165) is 56.4 Å². The van der Waals surface area contributed by atoms with E-state index in [4.69, 9.17) is 10.1 Å². The number of benzene rings is 1. The Kier molecular flexibility index (Phi) is 37.7. The summed E-state index contributed by atoms with van der Waals surface area (Å²) in [4.78, 5) is 10.4. The largest absolute Gasteiger partial charge is 0.507 e. The average Bonchev–Trinajstić information content (AvgIpc) is 3.04. The topological polar surface area (TPSA) is 81.0 Å². The molecule has 1 aromatic rings. The maximum atomic E-state index is 10.4. The van der Waals surface area contributed by atoms with Gasteiger partial charge >= 0.3 is 6.16 Å². The van der Waals surface area contributed by atoms with Crippen LogP contribution in [0.1, 0.15) is 138 Å². The van der Waals surface area contributed by atoms with Crippen LogP contribution in [0.25, 0.3) is 0 Å². The summed E-state index contributed by atoms with van der Waals surface area (Å²) in [6.45, 7) is 18.1. The Morgan fingerprint density at radius 3 is 1.88 bits per heavy atom. The van der Waals surface area contributed by atoms with Gasteiger partial charge in [-0.05, 0) is 62.0 Å². The van der Waals surface area contributed by atoms with Gasteiger partial charge in [-0.1, -0.05) is 143 Å². The molecule has 0 fully saturated rings. The van der Waals surface area contributed by atoms with Crippen molar-refractivity contribution in [1.82, 2.24) is 0 Å². The van der Waals surface area contributed by atoms with Crippen LogP contribution in [-0.4, -0.2) is 38.1 Å². The van der Waals surface area contributed by atoms with E-state index in [9.17, 15) is 4.79 Å². The van der Waals surface area contributed by atoms with Crippen molar-refractivity contribution in [3.63, 3.8) is 0 Å². The Morgan fingerprint density at radius 2 is 1.44 bits per heavy atom. The van der Waals surface area contributed by atoms with Crippen LogP contribution in [0, 0.1) is 11.3 Å². The number of nitrogens with one attached hydrogen (secondary N) is 1. The molecule has 1 atom stereocenters. The Bertz CT molecular complexity index is 813. The Balaban J connectivity index is -0.000000572. The first-order valence-corrected chi connectivity index (χ1v) is 17.1. The molecule has 0 bridgehead atoms. The van der Waals surface area contributed by atoms with Gasteiger partial charge < -0.3 is 14.2 Å². The number of hydrogen-bond donors (Lipinski definition) is 2. The molecule has 1 rings (SSSR count). The first-order valence-electron chi connectivity index (χ1n) is 16.7. The number of hydrogen-bond acceptors (Lipinski definition) is 7. The summed E-state index contributed by atoms with van der Waals surface area (Å²) in [5.41, 5.74) is 3.09. The highest BCUT2D eigenvalue weighted by atomic mass is 32.1.